The van der Waals surface area contributed by atoms with E-state index in [9.17, 15) is 4.79 Å². The minimum Gasteiger partial charge on any atom is -0.533 e. The minimum absolute atomic E-state index is 0.0450. The summed E-state index contributed by atoms with van der Waals surface area (Å²) in [5.41, 5.74) is 0.809. The van der Waals surface area contributed by atoms with E-state index in [1.165, 1.54) is 10.4 Å². The van der Waals surface area contributed by atoms with E-state index in [-0.39, 0.29) is 22.9 Å². The fourth-order valence-corrected chi connectivity index (χ4v) is 9.95. The Morgan fingerprint density at radius 2 is 1.50 bits per heavy atom. The summed E-state index contributed by atoms with van der Waals surface area (Å²) < 4.78 is 12.9. The smallest absolute Gasteiger partial charge is 0.320 e. The molecule has 2 atom stereocenters. The van der Waals surface area contributed by atoms with E-state index in [0.717, 1.165) is 17.9 Å². The standard InChI is InChI=1S/C31H37NO3Si/c1-6-15-24-22-25(23-34-5)32(30(24)33)28-20-13-14-21-29(28)35-36(31(2,3)4,26-16-9-7-10-17-26)27-18-11-8-12-19-27/h6-14,16-21,24-25H,1,15,22-23H2,2-5H3/t24-,25+/m0/s1. The lowest BCUT2D eigenvalue weighted by atomic mass is 10.0. The number of carbonyl (C=O) groups excluding carboxylic acids is 1. The molecule has 0 saturated carbocycles. The van der Waals surface area contributed by atoms with Gasteiger partial charge in [-0.1, -0.05) is 99.6 Å². The quantitative estimate of drug-likeness (QED) is 0.285. The molecule has 0 aliphatic carbocycles. The maximum atomic E-state index is 13.6. The highest BCUT2D eigenvalue weighted by Crippen LogP contribution is 2.42. The van der Waals surface area contributed by atoms with Gasteiger partial charge in [0, 0.05) is 13.0 Å². The van der Waals surface area contributed by atoms with E-state index in [0.29, 0.717) is 13.0 Å². The van der Waals surface area contributed by atoms with Crippen LogP contribution in [0.1, 0.15) is 33.6 Å². The largest absolute Gasteiger partial charge is 0.533 e. The maximum absolute atomic E-state index is 13.6. The van der Waals surface area contributed by atoms with Crippen molar-refractivity contribution in [2.45, 2.75) is 44.7 Å². The number of carbonyl (C=O) groups is 1. The van der Waals surface area contributed by atoms with Crippen LogP contribution in [0, 0.1) is 5.92 Å². The predicted octanol–water partition coefficient (Wildman–Crippen LogP) is 5.57. The van der Waals surface area contributed by atoms with Gasteiger partial charge in [0.2, 0.25) is 5.91 Å². The van der Waals surface area contributed by atoms with Crippen LogP contribution in [0.3, 0.4) is 0 Å². The number of hydrogen-bond donors (Lipinski definition) is 0. The van der Waals surface area contributed by atoms with Crippen molar-refractivity contribution in [3.8, 4) is 5.75 Å². The van der Waals surface area contributed by atoms with E-state index in [4.69, 9.17) is 9.16 Å². The van der Waals surface area contributed by atoms with Gasteiger partial charge in [-0.15, -0.1) is 6.58 Å². The van der Waals surface area contributed by atoms with Gasteiger partial charge < -0.3 is 14.1 Å². The van der Waals surface area contributed by atoms with Crippen molar-refractivity contribution >= 4 is 30.3 Å². The van der Waals surface area contributed by atoms with E-state index < -0.39 is 8.32 Å². The fourth-order valence-electron chi connectivity index (χ4n) is 5.52. The first-order valence-electron chi connectivity index (χ1n) is 12.7. The Labute approximate surface area is 216 Å². The molecular weight excluding hydrogens is 462 g/mol. The highest BCUT2D eigenvalue weighted by atomic mass is 28.4. The molecule has 36 heavy (non-hydrogen) atoms. The third-order valence-electron chi connectivity index (χ3n) is 7.12. The van der Waals surface area contributed by atoms with Gasteiger partial charge in [0.25, 0.3) is 0 Å². The molecule has 3 aromatic rings. The Hall–Kier alpha value is -3.15. The molecule has 4 nitrogen and oxygen atoms in total. The third-order valence-corrected chi connectivity index (χ3v) is 12.1. The lowest BCUT2D eigenvalue weighted by Gasteiger charge is -2.43. The molecular formula is C31H37NO3Si. The van der Waals surface area contributed by atoms with Crippen LogP contribution >= 0.6 is 0 Å². The number of methoxy groups -OCH3 is 1. The maximum Gasteiger partial charge on any atom is 0.320 e. The van der Waals surface area contributed by atoms with Gasteiger partial charge in [-0.2, -0.15) is 0 Å². The summed E-state index contributed by atoms with van der Waals surface area (Å²) in [6, 6.07) is 29.1. The van der Waals surface area contributed by atoms with Crippen molar-refractivity contribution in [3.63, 3.8) is 0 Å². The molecule has 1 aliphatic rings. The first-order valence-corrected chi connectivity index (χ1v) is 14.6. The van der Waals surface area contributed by atoms with Crippen LogP contribution < -0.4 is 19.7 Å². The number of rotatable bonds is 9. The van der Waals surface area contributed by atoms with Crippen molar-refractivity contribution in [1.82, 2.24) is 0 Å². The van der Waals surface area contributed by atoms with Gasteiger partial charge in [0.15, 0.2) is 0 Å². The van der Waals surface area contributed by atoms with Gasteiger partial charge >= 0.3 is 8.32 Å². The van der Waals surface area contributed by atoms with Crippen molar-refractivity contribution in [3.05, 3.63) is 97.6 Å². The van der Waals surface area contributed by atoms with E-state index in [2.05, 4.69) is 75.9 Å². The molecule has 188 valence electrons. The summed E-state index contributed by atoms with van der Waals surface area (Å²) >= 11 is 0. The second kappa shape index (κ2) is 10.9. The van der Waals surface area contributed by atoms with Gasteiger partial charge in [0.1, 0.15) is 5.75 Å². The first-order chi connectivity index (χ1) is 17.3. The SMILES string of the molecule is C=CC[C@H]1C[C@H](COC)N(c2ccccc2O[Si](c2ccccc2)(c2ccccc2)C(C)(C)C)C1=O. The van der Waals surface area contributed by atoms with Crippen LogP contribution in [0.15, 0.2) is 97.6 Å². The number of amides is 1. The van der Waals surface area contributed by atoms with Gasteiger partial charge in [0.05, 0.1) is 18.3 Å². The first kappa shape index (κ1) is 25.9. The normalized spacial score (nSPS) is 18.3. The van der Waals surface area contributed by atoms with Crippen LogP contribution in [0.5, 0.6) is 5.75 Å². The highest BCUT2D eigenvalue weighted by molar-refractivity contribution is 7.00. The van der Waals surface area contributed by atoms with E-state index >= 15 is 0 Å². The highest BCUT2D eigenvalue weighted by Gasteiger charge is 2.53. The van der Waals surface area contributed by atoms with Gasteiger partial charge in [-0.3, -0.25) is 4.79 Å². The zero-order chi connectivity index (χ0) is 25.8. The molecule has 0 spiro atoms. The molecule has 1 amide bonds. The lowest BCUT2D eigenvalue weighted by Crippen LogP contribution is -2.69. The van der Waals surface area contributed by atoms with E-state index in [1.807, 2.05) is 47.4 Å². The van der Waals surface area contributed by atoms with E-state index in [1.54, 1.807) is 7.11 Å². The zero-order valence-electron chi connectivity index (χ0n) is 21.8. The summed E-state index contributed by atoms with van der Waals surface area (Å²) in [5.74, 6) is 0.750. The molecule has 1 heterocycles. The summed E-state index contributed by atoms with van der Waals surface area (Å²) in [5, 5.41) is 2.21. The lowest BCUT2D eigenvalue weighted by molar-refractivity contribution is -0.120. The number of para-hydroxylation sites is 2. The predicted molar refractivity (Wildman–Crippen MR) is 151 cm³/mol. The number of benzene rings is 3. The fraction of sp³-hybridized carbons (Fsp3) is 0.323. The van der Waals surface area contributed by atoms with Gasteiger partial charge in [-0.25, -0.2) is 0 Å². The Kier molecular flexibility index (Phi) is 7.81. The van der Waals surface area contributed by atoms with Crippen LogP contribution in [0.2, 0.25) is 5.04 Å². The van der Waals surface area contributed by atoms with Gasteiger partial charge in [-0.05, 0) is 40.4 Å². The minimum atomic E-state index is -2.85. The Bertz CT molecular complexity index is 1130. The average Bonchev–Trinajstić information content (AvgIpc) is 3.18. The number of ether oxygens (including phenoxy) is 1. The molecule has 0 unspecified atom stereocenters. The molecule has 4 rings (SSSR count). The third kappa shape index (κ3) is 4.78. The summed E-state index contributed by atoms with van der Waals surface area (Å²) in [6.07, 6.45) is 3.24. The Morgan fingerprint density at radius 3 is 2.03 bits per heavy atom. The van der Waals surface area contributed by atoms with Crippen LogP contribution in [0.4, 0.5) is 5.69 Å². The van der Waals surface area contributed by atoms with Crippen molar-refractivity contribution in [2.75, 3.05) is 18.6 Å². The molecule has 1 fully saturated rings. The Balaban J connectivity index is 1.89. The topological polar surface area (TPSA) is 38.8 Å². The number of anilines is 1. The molecule has 0 N–H and O–H groups in total. The average molecular weight is 500 g/mol. The molecule has 5 heteroatoms. The van der Waals surface area contributed by atoms with Crippen LogP contribution in [-0.4, -0.2) is 34.0 Å². The molecule has 0 aromatic heterocycles. The molecule has 3 aromatic carbocycles. The number of allylic oxidation sites excluding steroid dienone is 1. The number of nitrogens with zero attached hydrogens (tertiary/aromatic N) is 1. The molecule has 1 aliphatic heterocycles. The monoisotopic (exact) mass is 499 g/mol. The molecule has 0 radical (unpaired) electrons. The van der Waals surface area contributed by atoms with Crippen molar-refractivity contribution in [2.24, 2.45) is 5.92 Å². The summed E-state index contributed by atoms with van der Waals surface area (Å²) in [4.78, 5) is 15.5. The second-order valence-electron chi connectivity index (χ2n) is 10.5. The molecule has 0 bridgehead atoms. The van der Waals surface area contributed by atoms with Crippen molar-refractivity contribution < 1.29 is 14.0 Å². The van der Waals surface area contributed by atoms with Crippen LogP contribution in [-0.2, 0) is 9.53 Å². The second-order valence-corrected chi connectivity index (χ2v) is 14.7. The summed E-state index contributed by atoms with van der Waals surface area (Å²) in [7, 11) is -1.16. The summed E-state index contributed by atoms with van der Waals surface area (Å²) in [6.45, 7) is 11.1. The van der Waals surface area contributed by atoms with Crippen molar-refractivity contribution in [1.29, 1.82) is 0 Å². The zero-order valence-corrected chi connectivity index (χ0v) is 22.8. The van der Waals surface area contributed by atoms with Crippen LogP contribution in [0.25, 0.3) is 0 Å². The molecule has 1 saturated heterocycles. The number of hydrogen-bond acceptors (Lipinski definition) is 3. The Morgan fingerprint density at radius 1 is 0.944 bits per heavy atom.